The number of aliphatic hydroxyl groups excluding tert-OH is 1. The first-order valence-corrected chi connectivity index (χ1v) is 4.78. The first kappa shape index (κ1) is 13.4. The SMILES string of the molecule is CCC(C)(C)C(=O)OCC(O)COC. The molecule has 0 spiro atoms. The van der Waals surface area contributed by atoms with Crippen molar-refractivity contribution in [3.63, 3.8) is 0 Å². The Balaban J connectivity index is 3.85. The van der Waals surface area contributed by atoms with E-state index in [1.165, 1.54) is 7.11 Å². The number of aliphatic hydroxyl groups is 1. The zero-order chi connectivity index (χ0) is 11.2. The second-order valence-corrected chi connectivity index (χ2v) is 3.95. The molecule has 0 fully saturated rings. The average molecular weight is 204 g/mol. The molecule has 1 unspecified atom stereocenters. The van der Waals surface area contributed by atoms with Crippen molar-refractivity contribution < 1.29 is 19.4 Å². The summed E-state index contributed by atoms with van der Waals surface area (Å²) < 4.78 is 9.65. The lowest BCUT2D eigenvalue weighted by Crippen LogP contribution is -2.30. The molecule has 0 saturated carbocycles. The largest absolute Gasteiger partial charge is 0.462 e. The van der Waals surface area contributed by atoms with Crippen molar-refractivity contribution in [3.05, 3.63) is 0 Å². The maximum atomic E-state index is 11.4. The van der Waals surface area contributed by atoms with E-state index in [9.17, 15) is 9.90 Å². The molecule has 0 aromatic rings. The van der Waals surface area contributed by atoms with Crippen LogP contribution in [0.5, 0.6) is 0 Å². The van der Waals surface area contributed by atoms with Crippen LogP contribution in [0.1, 0.15) is 27.2 Å². The number of methoxy groups -OCH3 is 1. The highest BCUT2D eigenvalue weighted by molar-refractivity contribution is 5.75. The fraction of sp³-hybridized carbons (Fsp3) is 0.900. The Bertz CT molecular complexity index is 177. The van der Waals surface area contributed by atoms with Crippen LogP contribution < -0.4 is 0 Å². The van der Waals surface area contributed by atoms with Gasteiger partial charge in [0, 0.05) is 7.11 Å². The Morgan fingerprint density at radius 2 is 2.00 bits per heavy atom. The van der Waals surface area contributed by atoms with Gasteiger partial charge in [0.15, 0.2) is 0 Å². The van der Waals surface area contributed by atoms with Gasteiger partial charge < -0.3 is 14.6 Å². The van der Waals surface area contributed by atoms with Crippen molar-refractivity contribution in [2.24, 2.45) is 5.41 Å². The predicted octanol–water partition coefficient (Wildman–Crippen LogP) is 0.973. The molecule has 1 atom stereocenters. The predicted molar refractivity (Wildman–Crippen MR) is 52.9 cm³/mol. The highest BCUT2D eigenvalue weighted by atomic mass is 16.5. The Morgan fingerprint density at radius 3 is 2.43 bits per heavy atom. The molecule has 0 saturated heterocycles. The summed E-state index contributed by atoms with van der Waals surface area (Å²) in [7, 11) is 1.49. The third kappa shape index (κ3) is 4.58. The number of hydrogen-bond acceptors (Lipinski definition) is 4. The van der Waals surface area contributed by atoms with E-state index in [2.05, 4.69) is 0 Å². The number of carbonyl (C=O) groups is 1. The molecule has 84 valence electrons. The number of hydrogen-bond donors (Lipinski definition) is 1. The highest BCUT2D eigenvalue weighted by Gasteiger charge is 2.27. The molecule has 0 aliphatic carbocycles. The van der Waals surface area contributed by atoms with Gasteiger partial charge in [0.05, 0.1) is 12.0 Å². The molecule has 0 heterocycles. The van der Waals surface area contributed by atoms with E-state index >= 15 is 0 Å². The Labute approximate surface area is 85.2 Å². The molecule has 0 aromatic carbocycles. The minimum absolute atomic E-state index is 0.00387. The van der Waals surface area contributed by atoms with Gasteiger partial charge in [-0.3, -0.25) is 4.79 Å². The monoisotopic (exact) mass is 204 g/mol. The summed E-state index contributed by atoms with van der Waals surface area (Å²) in [5.41, 5.74) is -0.479. The first-order valence-electron chi connectivity index (χ1n) is 4.78. The summed E-state index contributed by atoms with van der Waals surface area (Å²) in [6, 6.07) is 0. The molecule has 14 heavy (non-hydrogen) atoms. The van der Waals surface area contributed by atoms with Gasteiger partial charge >= 0.3 is 5.97 Å². The first-order chi connectivity index (χ1) is 6.44. The van der Waals surface area contributed by atoms with Crippen LogP contribution in [0, 0.1) is 5.41 Å². The Morgan fingerprint density at radius 1 is 1.43 bits per heavy atom. The van der Waals surface area contributed by atoms with E-state index in [-0.39, 0.29) is 19.2 Å². The van der Waals surface area contributed by atoms with Crippen molar-refractivity contribution >= 4 is 5.97 Å². The zero-order valence-electron chi connectivity index (χ0n) is 9.37. The van der Waals surface area contributed by atoms with Crippen molar-refractivity contribution in [2.45, 2.75) is 33.3 Å². The number of ether oxygens (including phenoxy) is 2. The molecule has 0 bridgehead atoms. The second kappa shape index (κ2) is 5.98. The standard InChI is InChI=1S/C10H20O4/c1-5-10(2,3)9(12)14-7-8(11)6-13-4/h8,11H,5-7H2,1-4H3. The van der Waals surface area contributed by atoms with Crippen molar-refractivity contribution in [1.29, 1.82) is 0 Å². The van der Waals surface area contributed by atoms with Crippen LogP contribution in [0.2, 0.25) is 0 Å². The molecule has 0 aromatic heterocycles. The van der Waals surface area contributed by atoms with Crippen molar-refractivity contribution in [2.75, 3.05) is 20.3 Å². The third-order valence-corrected chi connectivity index (χ3v) is 2.20. The fourth-order valence-electron chi connectivity index (χ4n) is 0.752. The lowest BCUT2D eigenvalue weighted by molar-refractivity contribution is -0.158. The molecule has 4 nitrogen and oxygen atoms in total. The topological polar surface area (TPSA) is 55.8 Å². The van der Waals surface area contributed by atoms with Crippen LogP contribution in [0.25, 0.3) is 0 Å². The quantitative estimate of drug-likeness (QED) is 0.655. The molecule has 0 aliphatic rings. The third-order valence-electron chi connectivity index (χ3n) is 2.20. The molecule has 1 N–H and O–H groups in total. The number of rotatable bonds is 6. The fourth-order valence-corrected chi connectivity index (χ4v) is 0.752. The Kier molecular flexibility index (Phi) is 5.72. The summed E-state index contributed by atoms with van der Waals surface area (Å²) in [6.45, 7) is 5.73. The van der Waals surface area contributed by atoms with E-state index < -0.39 is 11.5 Å². The second-order valence-electron chi connectivity index (χ2n) is 3.95. The van der Waals surface area contributed by atoms with Gasteiger partial charge in [-0.1, -0.05) is 6.92 Å². The van der Waals surface area contributed by atoms with E-state index in [0.717, 1.165) is 0 Å². The van der Waals surface area contributed by atoms with E-state index in [1.54, 1.807) is 0 Å². The van der Waals surface area contributed by atoms with E-state index in [4.69, 9.17) is 9.47 Å². The minimum Gasteiger partial charge on any atom is -0.462 e. The van der Waals surface area contributed by atoms with Gasteiger partial charge in [0.25, 0.3) is 0 Å². The van der Waals surface area contributed by atoms with Crippen LogP contribution in [-0.2, 0) is 14.3 Å². The number of carbonyl (C=O) groups excluding carboxylic acids is 1. The molecular weight excluding hydrogens is 184 g/mol. The zero-order valence-corrected chi connectivity index (χ0v) is 9.37. The van der Waals surface area contributed by atoms with Gasteiger partial charge in [-0.2, -0.15) is 0 Å². The summed E-state index contributed by atoms with van der Waals surface area (Å²) >= 11 is 0. The lowest BCUT2D eigenvalue weighted by Gasteiger charge is -2.21. The lowest BCUT2D eigenvalue weighted by atomic mass is 9.91. The summed E-state index contributed by atoms with van der Waals surface area (Å²) in [6.07, 6.45) is -0.0248. The summed E-state index contributed by atoms with van der Waals surface area (Å²) in [4.78, 5) is 11.4. The Hall–Kier alpha value is -0.610. The maximum Gasteiger partial charge on any atom is 0.311 e. The van der Waals surface area contributed by atoms with E-state index in [1.807, 2.05) is 20.8 Å². The van der Waals surface area contributed by atoms with E-state index in [0.29, 0.717) is 6.42 Å². The van der Waals surface area contributed by atoms with Gasteiger partial charge in [-0.15, -0.1) is 0 Å². The van der Waals surface area contributed by atoms with Crippen LogP contribution in [0.4, 0.5) is 0 Å². The highest BCUT2D eigenvalue weighted by Crippen LogP contribution is 2.21. The van der Waals surface area contributed by atoms with Gasteiger partial charge in [-0.05, 0) is 20.3 Å². The molecule has 0 rings (SSSR count). The van der Waals surface area contributed by atoms with Crippen molar-refractivity contribution in [1.82, 2.24) is 0 Å². The molecule has 0 amide bonds. The average Bonchev–Trinajstić information content (AvgIpc) is 2.14. The molecule has 0 radical (unpaired) electrons. The molecule has 4 heteroatoms. The molecule has 0 aliphatic heterocycles. The van der Waals surface area contributed by atoms with Gasteiger partial charge in [0.2, 0.25) is 0 Å². The summed E-state index contributed by atoms with van der Waals surface area (Å²) in [5.74, 6) is -0.282. The smallest absolute Gasteiger partial charge is 0.311 e. The van der Waals surface area contributed by atoms with Crippen LogP contribution in [0.3, 0.4) is 0 Å². The summed E-state index contributed by atoms with van der Waals surface area (Å²) in [5, 5.41) is 9.23. The van der Waals surface area contributed by atoms with Gasteiger partial charge in [-0.25, -0.2) is 0 Å². The van der Waals surface area contributed by atoms with Crippen molar-refractivity contribution in [3.8, 4) is 0 Å². The maximum absolute atomic E-state index is 11.4. The minimum atomic E-state index is -0.739. The van der Waals surface area contributed by atoms with Crippen LogP contribution >= 0.6 is 0 Å². The normalized spacial score (nSPS) is 13.8. The molecular formula is C10H20O4. The van der Waals surface area contributed by atoms with Crippen LogP contribution in [-0.4, -0.2) is 37.5 Å². The van der Waals surface area contributed by atoms with Gasteiger partial charge in [0.1, 0.15) is 12.7 Å². The van der Waals surface area contributed by atoms with Crippen LogP contribution in [0.15, 0.2) is 0 Å². The number of esters is 1.